The number of benzene rings is 2. The van der Waals surface area contributed by atoms with Gasteiger partial charge in [0.15, 0.2) is 5.58 Å². The minimum absolute atomic E-state index is 0.376. The molecule has 0 bridgehead atoms. The molecule has 0 fully saturated rings. The van der Waals surface area contributed by atoms with Crippen LogP contribution in [0.2, 0.25) is 10.0 Å². The summed E-state index contributed by atoms with van der Waals surface area (Å²) in [6.45, 7) is 5.86. The maximum absolute atomic E-state index is 6.33. The van der Waals surface area contributed by atoms with Crippen LogP contribution in [0.1, 0.15) is 16.7 Å². The van der Waals surface area contributed by atoms with Gasteiger partial charge in [-0.25, -0.2) is 4.98 Å². The number of aromatic nitrogens is 1. The number of rotatable bonds is 1. The molecule has 0 saturated heterocycles. The Bertz CT molecular complexity index is 869. The topological polar surface area (TPSA) is 52.0 Å². The summed E-state index contributed by atoms with van der Waals surface area (Å²) in [7, 11) is 0. The van der Waals surface area contributed by atoms with Gasteiger partial charge in [-0.1, -0.05) is 29.3 Å². The molecular formula is C16H14Cl2N2O. The van der Waals surface area contributed by atoms with Gasteiger partial charge in [0, 0.05) is 0 Å². The predicted molar refractivity (Wildman–Crippen MR) is 88.1 cm³/mol. The second-order valence-electron chi connectivity index (χ2n) is 5.23. The van der Waals surface area contributed by atoms with Gasteiger partial charge < -0.3 is 10.2 Å². The molecule has 2 N–H and O–H groups in total. The number of fused-ring (bicyclic) bond motifs is 1. The van der Waals surface area contributed by atoms with Crippen LogP contribution in [0.15, 0.2) is 22.6 Å². The lowest BCUT2D eigenvalue weighted by Crippen LogP contribution is -1.94. The van der Waals surface area contributed by atoms with E-state index in [9.17, 15) is 0 Å². The van der Waals surface area contributed by atoms with Gasteiger partial charge in [0.05, 0.1) is 21.3 Å². The van der Waals surface area contributed by atoms with Gasteiger partial charge in [0.2, 0.25) is 5.89 Å². The summed E-state index contributed by atoms with van der Waals surface area (Å²) in [5.41, 5.74) is 11.5. The summed E-state index contributed by atoms with van der Waals surface area (Å²) < 4.78 is 5.86. The van der Waals surface area contributed by atoms with E-state index in [1.165, 1.54) is 0 Å². The van der Waals surface area contributed by atoms with Crippen LogP contribution >= 0.6 is 23.2 Å². The van der Waals surface area contributed by atoms with Crippen LogP contribution in [0.5, 0.6) is 0 Å². The number of halogens is 2. The number of anilines is 1. The molecule has 3 aromatic rings. The predicted octanol–water partition coefficient (Wildman–Crippen LogP) is 5.31. The van der Waals surface area contributed by atoms with E-state index in [0.717, 1.165) is 27.8 Å². The Hall–Kier alpha value is -1.71. The quantitative estimate of drug-likeness (QED) is 0.618. The van der Waals surface area contributed by atoms with Crippen LogP contribution < -0.4 is 5.73 Å². The number of hydrogen-bond acceptors (Lipinski definition) is 3. The molecule has 2 aromatic carbocycles. The van der Waals surface area contributed by atoms with E-state index < -0.39 is 0 Å². The maximum Gasteiger partial charge on any atom is 0.230 e. The zero-order valence-corrected chi connectivity index (χ0v) is 13.4. The lowest BCUT2D eigenvalue weighted by atomic mass is 10.1. The van der Waals surface area contributed by atoms with E-state index >= 15 is 0 Å². The Morgan fingerprint density at radius 3 is 2.48 bits per heavy atom. The average Bonchev–Trinajstić information content (AvgIpc) is 2.80. The van der Waals surface area contributed by atoms with Gasteiger partial charge in [0.25, 0.3) is 0 Å². The molecule has 108 valence electrons. The van der Waals surface area contributed by atoms with Crippen LogP contribution in [0, 0.1) is 20.8 Å². The number of nitrogens with zero attached hydrogens (tertiary/aromatic N) is 1. The normalized spacial score (nSPS) is 11.3. The zero-order valence-electron chi connectivity index (χ0n) is 11.9. The maximum atomic E-state index is 6.33. The van der Waals surface area contributed by atoms with Gasteiger partial charge in [-0.3, -0.25) is 0 Å². The van der Waals surface area contributed by atoms with Crippen molar-refractivity contribution in [3.8, 4) is 11.5 Å². The molecule has 0 spiro atoms. The first-order valence-corrected chi connectivity index (χ1v) is 7.26. The van der Waals surface area contributed by atoms with Gasteiger partial charge in [0.1, 0.15) is 5.52 Å². The Morgan fingerprint density at radius 2 is 1.76 bits per heavy atom. The Balaban J connectivity index is 2.31. The fourth-order valence-corrected chi connectivity index (χ4v) is 3.15. The highest BCUT2D eigenvalue weighted by molar-refractivity contribution is 6.40. The Labute approximate surface area is 132 Å². The molecular weight excluding hydrogens is 307 g/mol. The lowest BCUT2D eigenvalue weighted by Gasteiger charge is -2.08. The van der Waals surface area contributed by atoms with Crippen molar-refractivity contribution >= 4 is 40.0 Å². The highest BCUT2D eigenvalue weighted by Crippen LogP contribution is 2.41. The van der Waals surface area contributed by atoms with Gasteiger partial charge >= 0.3 is 0 Å². The number of hydrogen-bond donors (Lipinski definition) is 1. The van der Waals surface area contributed by atoms with Crippen LogP contribution in [-0.2, 0) is 0 Å². The van der Waals surface area contributed by atoms with Gasteiger partial charge in [-0.15, -0.1) is 0 Å². The van der Waals surface area contributed by atoms with Crippen molar-refractivity contribution in [2.45, 2.75) is 20.8 Å². The highest BCUT2D eigenvalue weighted by Gasteiger charge is 2.19. The third-order valence-corrected chi connectivity index (χ3v) is 4.19. The molecule has 1 aromatic heterocycles. The van der Waals surface area contributed by atoms with Crippen molar-refractivity contribution in [3.63, 3.8) is 0 Å². The van der Waals surface area contributed by atoms with E-state index in [1.54, 1.807) is 6.07 Å². The SMILES string of the molecule is Cc1cc(C)c2oc(-c3c(Cl)cc(C)c(N)c3Cl)nc2c1. The molecule has 0 amide bonds. The monoisotopic (exact) mass is 320 g/mol. The first-order valence-electron chi connectivity index (χ1n) is 6.50. The van der Waals surface area contributed by atoms with Crippen LogP contribution in [0.3, 0.4) is 0 Å². The first-order chi connectivity index (χ1) is 9.88. The van der Waals surface area contributed by atoms with Crippen molar-refractivity contribution in [2.24, 2.45) is 0 Å². The Kier molecular flexibility index (Phi) is 3.34. The molecule has 5 heteroatoms. The third kappa shape index (κ3) is 2.27. The number of nitrogens with two attached hydrogens (primary N) is 1. The molecule has 1 heterocycles. The highest BCUT2D eigenvalue weighted by atomic mass is 35.5. The molecule has 0 unspecified atom stereocenters. The van der Waals surface area contributed by atoms with Crippen LogP contribution in [0.4, 0.5) is 5.69 Å². The van der Waals surface area contributed by atoms with Crippen molar-refractivity contribution in [1.82, 2.24) is 4.98 Å². The Morgan fingerprint density at radius 1 is 1.05 bits per heavy atom. The van der Waals surface area contributed by atoms with Crippen molar-refractivity contribution in [1.29, 1.82) is 0 Å². The summed E-state index contributed by atoms with van der Waals surface area (Å²) >= 11 is 12.6. The summed E-state index contributed by atoms with van der Waals surface area (Å²) in [5, 5.41) is 0.855. The molecule has 0 saturated carbocycles. The van der Waals surface area contributed by atoms with E-state index in [4.69, 9.17) is 33.4 Å². The van der Waals surface area contributed by atoms with E-state index in [1.807, 2.05) is 32.9 Å². The average molecular weight is 321 g/mol. The smallest absolute Gasteiger partial charge is 0.230 e. The molecule has 0 aliphatic rings. The molecule has 0 aliphatic carbocycles. The number of nitrogen functional groups attached to an aromatic ring is 1. The second-order valence-corrected chi connectivity index (χ2v) is 6.01. The molecule has 0 aliphatic heterocycles. The number of oxazole rings is 1. The summed E-state index contributed by atoms with van der Waals surface area (Å²) in [5.74, 6) is 0.389. The molecule has 21 heavy (non-hydrogen) atoms. The van der Waals surface area contributed by atoms with Crippen molar-refractivity contribution in [3.05, 3.63) is 44.9 Å². The van der Waals surface area contributed by atoms with E-state index in [2.05, 4.69) is 4.98 Å². The fraction of sp³-hybridized carbons (Fsp3) is 0.188. The number of aryl methyl sites for hydroxylation is 3. The minimum atomic E-state index is 0.376. The first kappa shape index (κ1) is 14.2. The van der Waals surface area contributed by atoms with E-state index in [0.29, 0.717) is 27.2 Å². The molecule has 0 radical (unpaired) electrons. The van der Waals surface area contributed by atoms with Gasteiger partial charge in [-0.05, 0) is 49.6 Å². The summed E-state index contributed by atoms with van der Waals surface area (Å²) in [4.78, 5) is 4.51. The van der Waals surface area contributed by atoms with E-state index in [-0.39, 0.29) is 0 Å². The van der Waals surface area contributed by atoms with Crippen molar-refractivity contribution < 1.29 is 4.42 Å². The van der Waals surface area contributed by atoms with Gasteiger partial charge in [-0.2, -0.15) is 0 Å². The lowest BCUT2D eigenvalue weighted by molar-refractivity contribution is 0.617. The second kappa shape index (κ2) is 4.93. The largest absolute Gasteiger partial charge is 0.436 e. The molecule has 3 nitrogen and oxygen atoms in total. The van der Waals surface area contributed by atoms with Crippen molar-refractivity contribution in [2.75, 3.05) is 5.73 Å². The third-order valence-electron chi connectivity index (χ3n) is 3.50. The van der Waals surface area contributed by atoms with Crippen LogP contribution in [-0.4, -0.2) is 4.98 Å². The zero-order chi connectivity index (χ0) is 15.3. The summed E-state index contributed by atoms with van der Waals surface area (Å²) in [6.07, 6.45) is 0. The standard InChI is InChI=1S/C16H14Cl2N2O/c1-7-4-9(3)15-11(5-7)20-16(21-15)12-10(17)6-8(2)14(19)13(12)18/h4-6H,19H2,1-3H3. The fourth-order valence-electron chi connectivity index (χ4n) is 2.43. The minimum Gasteiger partial charge on any atom is -0.436 e. The van der Waals surface area contributed by atoms with Crippen LogP contribution in [0.25, 0.3) is 22.6 Å². The molecule has 0 atom stereocenters. The molecule has 3 rings (SSSR count). The summed E-state index contributed by atoms with van der Waals surface area (Å²) in [6, 6.07) is 5.78.